The van der Waals surface area contributed by atoms with Crippen LogP contribution in [0.2, 0.25) is 0 Å². The van der Waals surface area contributed by atoms with Crippen LogP contribution in [0.5, 0.6) is 0 Å². The van der Waals surface area contributed by atoms with E-state index >= 15 is 0 Å². The van der Waals surface area contributed by atoms with Crippen LogP contribution in [0, 0.1) is 0 Å². The van der Waals surface area contributed by atoms with E-state index in [2.05, 4.69) is 16.0 Å². The molecular formula is C15H22ClN3O2. The summed E-state index contributed by atoms with van der Waals surface area (Å²) in [4.78, 5) is 23.7. The number of nitrogens with one attached hydrogen (secondary N) is 3. The van der Waals surface area contributed by atoms with E-state index in [0.29, 0.717) is 12.1 Å². The van der Waals surface area contributed by atoms with E-state index in [1.807, 2.05) is 25.1 Å². The summed E-state index contributed by atoms with van der Waals surface area (Å²) in [6.07, 6.45) is 2.81. The summed E-state index contributed by atoms with van der Waals surface area (Å²) in [6.45, 7) is 3.59. The molecule has 1 aliphatic heterocycles. The first kappa shape index (κ1) is 17.3. The molecule has 2 rings (SSSR count). The van der Waals surface area contributed by atoms with Crippen molar-refractivity contribution in [2.75, 3.05) is 25.0 Å². The second-order valence-corrected chi connectivity index (χ2v) is 4.89. The number of carbonyl (C=O) groups excluding carboxylic acids is 2. The van der Waals surface area contributed by atoms with Crippen molar-refractivity contribution in [3.05, 3.63) is 29.3 Å². The van der Waals surface area contributed by atoms with E-state index in [-0.39, 0.29) is 30.8 Å². The fraction of sp³-hybridized carbons (Fsp3) is 0.467. The highest BCUT2D eigenvalue weighted by atomic mass is 35.5. The Labute approximate surface area is 131 Å². The average Bonchev–Trinajstić information content (AvgIpc) is 2.50. The Kier molecular flexibility index (Phi) is 7.02. The zero-order valence-corrected chi connectivity index (χ0v) is 13.0. The van der Waals surface area contributed by atoms with Crippen molar-refractivity contribution < 1.29 is 9.59 Å². The third kappa shape index (κ3) is 4.63. The third-order valence-corrected chi connectivity index (χ3v) is 3.32. The Morgan fingerprint density at radius 2 is 2.10 bits per heavy atom. The minimum atomic E-state index is -0.183. The third-order valence-electron chi connectivity index (χ3n) is 3.32. The summed E-state index contributed by atoms with van der Waals surface area (Å²) in [5.74, 6) is -0.333. The quantitative estimate of drug-likeness (QED) is 0.775. The van der Waals surface area contributed by atoms with Gasteiger partial charge in [-0.2, -0.15) is 0 Å². The molecule has 1 aromatic rings. The van der Waals surface area contributed by atoms with Gasteiger partial charge in [-0.1, -0.05) is 13.0 Å². The predicted molar refractivity (Wildman–Crippen MR) is 86.1 cm³/mol. The summed E-state index contributed by atoms with van der Waals surface area (Å²) in [6, 6.07) is 5.66. The minimum Gasteiger partial charge on any atom is -0.385 e. The van der Waals surface area contributed by atoms with Crippen LogP contribution >= 0.6 is 12.4 Å². The van der Waals surface area contributed by atoms with Gasteiger partial charge < -0.3 is 16.0 Å². The van der Waals surface area contributed by atoms with E-state index in [1.165, 1.54) is 0 Å². The molecule has 0 fully saturated rings. The SMILES string of the molecule is CCCNC(=O)CNC(=O)c1cccc2c1CCCN2.Cl. The van der Waals surface area contributed by atoms with E-state index in [0.717, 1.165) is 37.1 Å². The lowest BCUT2D eigenvalue weighted by atomic mass is 9.97. The Bertz CT molecular complexity index is 506. The number of amides is 2. The highest BCUT2D eigenvalue weighted by Gasteiger charge is 2.17. The van der Waals surface area contributed by atoms with E-state index in [9.17, 15) is 9.59 Å². The molecule has 6 heteroatoms. The molecule has 0 saturated carbocycles. The van der Waals surface area contributed by atoms with Gasteiger partial charge in [0, 0.05) is 24.3 Å². The molecule has 1 aliphatic rings. The van der Waals surface area contributed by atoms with Gasteiger partial charge >= 0.3 is 0 Å². The highest BCUT2D eigenvalue weighted by molar-refractivity contribution is 5.99. The largest absolute Gasteiger partial charge is 0.385 e. The molecule has 0 aliphatic carbocycles. The normalized spacial score (nSPS) is 12.4. The van der Waals surface area contributed by atoms with Gasteiger partial charge in [-0.3, -0.25) is 9.59 Å². The molecular weight excluding hydrogens is 290 g/mol. The molecule has 5 nitrogen and oxygen atoms in total. The van der Waals surface area contributed by atoms with Crippen LogP contribution in [0.25, 0.3) is 0 Å². The molecule has 1 heterocycles. The number of rotatable bonds is 5. The molecule has 116 valence electrons. The monoisotopic (exact) mass is 311 g/mol. The second-order valence-electron chi connectivity index (χ2n) is 4.89. The summed E-state index contributed by atoms with van der Waals surface area (Å²) < 4.78 is 0. The first-order valence-corrected chi connectivity index (χ1v) is 7.13. The van der Waals surface area contributed by atoms with Crippen molar-refractivity contribution in [3.8, 4) is 0 Å². The van der Waals surface area contributed by atoms with Crippen LogP contribution < -0.4 is 16.0 Å². The van der Waals surface area contributed by atoms with Crippen molar-refractivity contribution in [1.82, 2.24) is 10.6 Å². The smallest absolute Gasteiger partial charge is 0.252 e. The summed E-state index contributed by atoms with van der Waals surface area (Å²) >= 11 is 0. The summed E-state index contributed by atoms with van der Waals surface area (Å²) in [7, 11) is 0. The van der Waals surface area contributed by atoms with Crippen LogP contribution in [0.1, 0.15) is 35.7 Å². The molecule has 1 aromatic carbocycles. The van der Waals surface area contributed by atoms with Crippen LogP contribution in [-0.4, -0.2) is 31.4 Å². The van der Waals surface area contributed by atoms with Gasteiger partial charge in [0.15, 0.2) is 0 Å². The molecule has 3 N–H and O–H groups in total. The Hall–Kier alpha value is -1.75. The molecule has 0 unspecified atom stereocenters. The fourth-order valence-corrected chi connectivity index (χ4v) is 2.31. The molecule has 0 spiro atoms. The maximum absolute atomic E-state index is 12.2. The lowest BCUT2D eigenvalue weighted by molar-refractivity contribution is -0.120. The van der Waals surface area contributed by atoms with Crippen molar-refractivity contribution in [2.45, 2.75) is 26.2 Å². The predicted octanol–water partition coefficient (Wildman–Crippen LogP) is 1.72. The Morgan fingerprint density at radius 3 is 2.86 bits per heavy atom. The maximum Gasteiger partial charge on any atom is 0.252 e. The van der Waals surface area contributed by atoms with Crippen LogP contribution in [0.3, 0.4) is 0 Å². The summed E-state index contributed by atoms with van der Waals surface area (Å²) in [5, 5.41) is 8.71. The fourth-order valence-electron chi connectivity index (χ4n) is 2.31. The zero-order valence-electron chi connectivity index (χ0n) is 12.2. The number of anilines is 1. The number of hydrogen-bond donors (Lipinski definition) is 3. The van der Waals surface area contributed by atoms with Gasteiger partial charge in [0.2, 0.25) is 5.91 Å². The number of benzene rings is 1. The molecule has 21 heavy (non-hydrogen) atoms. The van der Waals surface area contributed by atoms with Gasteiger partial charge in [-0.25, -0.2) is 0 Å². The van der Waals surface area contributed by atoms with Crippen LogP contribution in [0.4, 0.5) is 5.69 Å². The highest BCUT2D eigenvalue weighted by Crippen LogP contribution is 2.25. The standard InChI is InChI=1S/C15H21N3O2.ClH/c1-2-8-17-14(19)10-18-15(20)12-5-3-7-13-11(12)6-4-9-16-13;/h3,5,7,16H,2,4,6,8-10H2,1H3,(H,17,19)(H,18,20);1H. The lowest BCUT2D eigenvalue weighted by Gasteiger charge is -2.20. The Balaban J connectivity index is 0.00000220. The average molecular weight is 312 g/mol. The van der Waals surface area contributed by atoms with E-state index < -0.39 is 0 Å². The Morgan fingerprint density at radius 1 is 1.29 bits per heavy atom. The number of halogens is 1. The first-order chi connectivity index (χ1) is 9.72. The number of fused-ring (bicyclic) bond motifs is 1. The molecule has 0 saturated heterocycles. The molecule has 2 amide bonds. The van der Waals surface area contributed by atoms with Gasteiger partial charge in [0.1, 0.15) is 0 Å². The van der Waals surface area contributed by atoms with Crippen molar-refractivity contribution in [1.29, 1.82) is 0 Å². The topological polar surface area (TPSA) is 70.2 Å². The van der Waals surface area contributed by atoms with Gasteiger partial charge in [0.25, 0.3) is 5.91 Å². The lowest BCUT2D eigenvalue weighted by Crippen LogP contribution is -2.37. The van der Waals surface area contributed by atoms with Gasteiger partial charge in [-0.15, -0.1) is 12.4 Å². The van der Waals surface area contributed by atoms with Gasteiger partial charge in [0.05, 0.1) is 6.54 Å². The summed E-state index contributed by atoms with van der Waals surface area (Å²) in [5.41, 5.74) is 2.74. The zero-order chi connectivity index (χ0) is 14.4. The minimum absolute atomic E-state index is 0. The van der Waals surface area contributed by atoms with E-state index in [1.54, 1.807) is 0 Å². The molecule has 0 aromatic heterocycles. The van der Waals surface area contributed by atoms with Crippen molar-refractivity contribution >= 4 is 29.9 Å². The second kappa shape index (κ2) is 8.52. The van der Waals surface area contributed by atoms with E-state index in [4.69, 9.17) is 0 Å². The first-order valence-electron chi connectivity index (χ1n) is 7.13. The molecule has 0 radical (unpaired) electrons. The molecule has 0 atom stereocenters. The van der Waals surface area contributed by atoms with Gasteiger partial charge in [-0.05, 0) is 37.0 Å². The van der Waals surface area contributed by atoms with Crippen LogP contribution in [0.15, 0.2) is 18.2 Å². The number of hydrogen-bond acceptors (Lipinski definition) is 3. The molecule has 0 bridgehead atoms. The van der Waals surface area contributed by atoms with Crippen LogP contribution in [-0.2, 0) is 11.2 Å². The number of carbonyl (C=O) groups is 2. The maximum atomic E-state index is 12.2. The van der Waals surface area contributed by atoms with Crippen molar-refractivity contribution in [3.63, 3.8) is 0 Å². The van der Waals surface area contributed by atoms with Crippen molar-refractivity contribution in [2.24, 2.45) is 0 Å².